The fourth-order valence-corrected chi connectivity index (χ4v) is 2.13. The predicted octanol–water partition coefficient (Wildman–Crippen LogP) is 0.896. The summed E-state index contributed by atoms with van der Waals surface area (Å²) in [5.74, 6) is 0.557. The molecule has 0 aliphatic carbocycles. The molecule has 2 rings (SSSR count). The molecule has 1 aliphatic heterocycles. The maximum Gasteiger partial charge on any atom is 0.254 e. The Morgan fingerprint density at radius 3 is 2.67 bits per heavy atom. The third kappa shape index (κ3) is 2.56. The molecule has 0 unspecified atom stereocenters. The predicted molar refractivity (Wildman–Crippen MR) is 70.7 cm³/mol. The first-order valence-corrected chi connectivity index (χ1v) is 6.43. The second kappa shape index (κ2) is 4.72. The van der Waals surface area contributed by atoms with E-state index < -0.39 is 0 Å². The molecule has 1 saturated heterocycles. The minimum atomic E-state index is -0.0967. The summed E-state index contributed by atoms with van der Waals surface area (Å²) in [5, 5.41) is 10.5. The largest absolute Gasteiger partial charge is 0.352 e. The van der Waals surface area contributed by atoms with Gasteiger partial charge in [-0.25, -0.2) is 0 Å². The molecule has 5 nitrogen and oxygen atoms in total. The van der Waals surface area contributed by atoms with Gasteiger partial charge in [0.1, 0.15) is 0 Å². The van der Waals surface area contributed by atoms with Crippen molar-refractivity contribution in [2.24, 2.45) is 5.92 Å². The van der Waals surface area contributed by atoms with Gasteiger partial charge in [0.15, 0.2) is 0 Å². The fraction of sp³-hybridized carbons (Fsp3) is 0.692. The maximum atomic E-state index is 12.1. The molecule has 0 saturated carbocycles. The maximum absolute atomic E-state index is 12.1. The van der Waals surface area contributed by atoms with Crippen LogP contribution in [0, 0.1) is 12.8 Å². The van der Waals surface area contributed by atoms with Gasteiger partial charge in [0.2, 0.25) is 0 Å². The highest BCUT2D eigenvalue weighted by molar-refractivity contribution is 5.95. The molecule has 2 N–H and O–H groups in total. The molecule has 0 atom stereocenters. The van der Waals surface area contributed by atoms with Crippen molar-refractivity contribution in [2.45, 2.75) is 33.2 Å². The molecular weight excluding hydrogens is 228 g/mol. The molecular formula is C13H22N4O. The van der Waals surface area contributed by atoms with Gasteiger partial charge in [0.25, 0.3) is 5.91 Å². The minimum Gasteiger partial charge on any atom is -0.352 e. The Balaban J connectivity index is 2.03. The highest BCUT2D eigenvalue weighted by Gasteiger charge is 2.22. The number of hydrogen-bond acceptors (Lipinski definition) is 3. The number of rotatable bonds is 3. The summed E-state index contributed by atoms with van der Waals surface area (Å²) in [7, 11) is 0. The Morgan fingerprint density at radius 1 is 1.56 bits per heavy atom. The first-order chi connectivity index (χ1) is 8.39. The average Bonchev–Trinajstić information content (AvgIpc) is 2.56. The lowest BCUT2D eigenvalue weighted by Gasteiger charge is -2.27. The summed E-state index contributed by atoms with van der Waals surface area (Å²) in [6, 6.07) is 0. The van der Waals surface area contributed by atoms with E-state index >= 15 is 0 Å². The van der Waals surface area contributed by atoms with Crippen LogP contribution in [0.4, 0.5) is 0 Å². The molecule has 1 fully saturated rings. The third-order valence-corrected chi connectivity index (χ3v) is 3.31. The third-order valence-electron chi connectivity index (χ3n) is 3.31. The van der Waals surface area contributed by atoms with E-state index in [-0.39, 0.29) is 11.4 Å². The molecule has 0 spiro atoms. The van der Waals surface area contributed by atoms with Crippen molar-refractivity contribution in [3.05, 3.63) is 17.5 Å². The molecule has 5 heteroatoms. The van der Waals surface area contributed by atoms with E-state index in [1.54, 1.807) is 6.20 Å². The molecule has 0 radical (unpaired) electrons. The monoisotopic (exact) mass is 250 g/mol. The molecule has 100 valence electrons. The van der Waals surface area contributed by atoms with Crippen LogP contribution in [-0.2, 0) is 5.54 Å². The summed E-state index contributed by atoms with van der Waals surface area (Å²) >= 11 is 0. The van der Waals surface area contributed by atoms with Crippen LogP contribution in [-0.4, -0.2) is 35.3 Å². The van der Waals surface area contributed by atoms with Gasteiger partial charge in [-0.05, 0) is 27.7 Å². The Labute approximate surface area is 108 Å². The van der Waals surface area contributed by atoms with Crippen molar-refractivity contribution < 1.29 is 4.79 Å². The number of amides is 1. The van der Waals surface area contributed by atoms with Gasteiger partial charge >= 0.3 is 0 Å². The smallest absolute Gasteiger partial charge is 0.254 e. The van der Waals surface area contributed by atoms with Crippen LogP contribution < -0.4 is 10.6 Å². The Hall–Kier alpha value is -1.36. The van der Waals surface area contributed by atoms with Crippen molar-refractivity contribution in [1.82, 2.24) is 20.4 Å². The van der Waals surface area contributed by atoms with Gasteiger partial charge < -0.3 is 10.6 Å². The molecule has 1 aromatic heterocycles. The van der Waals surface area contributed by atoms with Gasteiger partial charge in [-0.1, -0.05) is 0 Å². The van der Waals surface area contributed by atoms with E-state index in [9.17, 15) is 4.79 Å². The summed E-state index contributed by atoms with van der Waals surface area (Å²) < 4.78 is 1.90. The van der Waals surface area contributed by atoms with Crippen LogP contribution >= 0.6 is 0 Å². The second-order valence-electron chi connectivity index (χ2n) is 5.96. The lowest BCUT2D eigenvalue weighted by Crippen LogP contribution is -2.48. The summed E-state index contributed by atoms with van der Waals surface area (Å²) in [6.07, 6.45) is 1.66. The average molecular weight is 250 g/mol. The van der Waals surface area contributed by atoms with Crippen molar-refractivity contribution in [3.63, 3.8) is 0 Å². The van der Waals surface area contributed by atoms with Gasteiger partial charge in [-0.15, -0.1) is 0 Å². The van der Waals surface area contributed by atoms with Gasteiger partial charge in [0, 0.05) is 31.2 Å². The first kappa shape index (κ1) is 13.1. The van der Waals surface area contributed by atoms with Crippen molar-refractivity contribution in [3.8, 4) is 0 Å². The standard InChI is InChI=1S/C13H22N4O/c1-9-11(8-16-17(9)13(2,3)4)12(18)15-7-10-5-14-6-10/h8,10,14H,5-7H2,1-4H3,(H,15,18). The summed E-state index contributed by atoms with van der Waals surface area (Å²) in [6.45, 7) is 10.9. The number of nitrogens with one attached hydrogen (secondary N) is 2. The second-order valence-corrected chi connectivity index (χ2v) is 5.96. The van der Waals surface area contributed by atoms with E-state index in [0.29, 0.717) is 11.5 Å². The number of hydrogen-bond donors (Lipinski definition) is 2. The van der Waals surface area contributed by atoms with E-state index in [1.165, 1.54) is 0 Å². The van der Waals surface area contributed by atoms with Crippen LogP contribution in [0.15, 0.2) is 6.20 Å². The van der Waals surface area contributed by atoms with Gasteiger partial charge in [0.05, 0.1) is 17.3 Å². The van der Waals surface area contributed by atoms with Gasteiger partial charge in [-0.3, -0.25) is 9.48 Å². The van der Waals surface area contributed by atoms with Crippen LogP contribution in [0.25, 0.3) is 0 Å². The summed E-state index contributed by atoms with van der Waals surface area (Å²) in [4.78, 5) is 12.1. The fourth-order valence-electron chi connectivity index (χ4n) is 2.13. The van der Waals surface area contributed by atoms with E-state index in [1.807, 2.05) is 11.6 Å². The molecule has 0 bridgehead atoms. The Kier molecular flexibility index (Phi) is 3.43. The first-order valence-electron chi connectivity index (χ1n) is 6.43. The molecule has 18 heavy (non-hydrogen) atoms. The normalized spacial score (nSPS) is 16.4. The minimum absolute atomic E-state index is 0.0186. The van der Waals surface area contributed by atoms with E-state index in [4.69, 9.17) is 0 Å². The molecule has 1 aromatic rings. The van der Waals surface area contributed by atoms with Crippen molar-refractivity contribution in [1.29, 1.82) is 0 Å². The number of carbonyl (C=O) groups is 1. The zero-order chi connectivity index (χ0) is 13.3. The van der Waals surface area contributed by atoms with Gasteiger partial charge in [-0.2, -0.15) is 5.10 Å². The van der Waals surface area contributed by atoms with Crippen molar-refractivity contribution in [2.75, 3.05) is 19.6 Å². The van der Waals surface area contributed by atoms with Crippen molar-refractivity contribution >= 4 is 5.91 Å². The zero-order valence-electron chi connectivity index (χ0n) is 11.6. The number of aromatic nitrogens is 2. The molecule has 0 aromatic carbocycles. The number of carbonyl (C=O) groups excluding carboxylic acids is 1. The molecule has 1 aliphatic rings. The molecule has 1 amide bonds. The van der Waals surface area contributed by atoms with Crippen LogP contribution in [0.3, 0.4) is 0 Å². The molecule has 2 heterocycles. The summed E-state index contributed by atoms with van der Waals surface area (Å²) in [5.41, 5.74) is 1.50. The van der Waals surface area contributed by atoms with E-state index in [0.717, 1.165) is 25.3 Å². The quantitative estimate of drug-likeness (QED) is 0.838. The zero-order valence-corrected chi connectivity index (χ0v) is 11.6. The lowest BCUT2D eigenvalue weighted by molar-refractivity contribution is 0.0941. The number of nitrogens with zero attached hydrogens (tertiary/aromatic N) is 2. The van der Waals surface area contributed by atoms with E-state index in [2.05, 4.69) is 36.5 Å². The Bertz CT molecular complexity index is 440. The Morgan fingerprint density at radius 2 is 2.22 bits per heavy atom. The topological polar surface area (TPSA) is 59.0 Å². The van der Waals surface area contributed by atoms with Crippen LogP contribution in [0.5, 0.6) is 0 Å². The lowest BCUT2D eigenvalue weighted by atomic mass is 10.0. The van der Waals surface area contributed by atoms with Crippen LogP contribution in [0.2, 0.25) is 0 Å². The SMILES string of the molecule is Cc1c(C(=O)NCC2CNC2)cnn1C(C)(C)C. The van der Waals surface area contributed by atoms with Crippen LogP contribution in [0.1, 0.15) is 36.8 Å². The highest BCUT2D eigenvalue weighted by atomic mass is 16.1. The highest BCUT2D eigenvalue weighted by Crippen LogP contribution is 2.18.